The fourth-order valence-corrected chi connectivity index (χ4v) is 4.00. The Morgan fingerprint density at radius 1 is 1.32 bits per heavy atom. The summed E-state index contributed by atoms with van der Waals surface area (Å²) in [4.78, 5) is 11.6. The Kier molecular flexibility index (Phi) is 2.51. The van der Waals surface area contributed by atoms with Gasteiger partial charge in [0.1, 0.15) is 6.10 Å². The van der Waals surface area contributed by atoms with Gasteiger partial charge < -0.3 is 14.9 Å². The second kappa shape index (κ2) is 3.70. The summed E-state index contributed by atoms with van der Waals surface area (Å²) in [5.74, 6) is -0.785. The van der Waals surface area contributed by atoms with Crippen molar-refractivity contribution in [2.24, 2.45) is 11.8 Å². The van der Waals surface area contributed by atoms with Gasteiger partial charge in [-0.3, -0.25) is 0 Å². The van der Waals surface area contributed by atoms with Crippen LogP contribution < -0.4 is 0 Å². The van der Waals surface area contributed by atoms with E-state index in [9.17, 15) is 15.0 Å². The van der Waals surface area contributed by atoms with Crippen molar-refractivity contribution in [2.45, 2.75) is 49.9 Å². The van der Waals surface area contributed by atoms with Gasteiger partial charge in [0.2, 0.25) is 0 Å². The fourth-order valence-electron chi connectivity index (χ4n) is 4.00. The lowest BCUT2D eigenvalue weighted by Crippen LogP contribution is -2.43. The Morgan fingerprint density at radius 2 is 2.00 bits per heavy atom. The van der Waals surface area contributed by atoms with Crippen LogP contribution in [-0.4, -0.2) is 33.5 Å². The molecule has 0 bridgehead atoms. The number of hydrogen-bond donors (Lipinski definition) is 2. The van der Waals surface area contributed by atoms with Crippen LogP contribution in [0.1, 0.15) is 32.6 Å². The van der Waals surface area contributed by atoms with E-state index in [1.165, 1.54) is 0 Å². The summed E-state index contributed by atoms with van der Waals surface area (Å²) in [6, 6.07) is 0. The molecular formula is C15H20O4. The zero-order chi connectivity index (χ0) is 14.0. The van der Waals surface area contributed by atoms with Crippen molar-refractivity contribution >= 4 is 5.97 Å². The molecule has 0 spiro atoms. The number of carbonyl (C=O) groups is 1. The number of carbonyl (C=O) groups excluding carboxylic acids is 1. The summed E-state index contributed by atoms with van der Waals surface area (Å²) >= 11 is 0. The van der Waals surface area contributed by atoms with Gasteiger partial charge in [-0.2, -0.15) is 0 Å². The van der Waals surface area contributed by atoms with Gasteiger partial charge in [0.15, 0.2) is 0 Å². The van der Waals surface area contributed by atoms with Crippen LogP contribution in [0.3, 0.4) is 0 Å². The molecule has 3 rings (SSSR count). The van der Waals surface area contributed by atoms with Gasteiger partial charge in [-0.25, -0.2) is 4.79 Å². The average molecular weight is 264 g/mol. The first-order chi connectivity index (χ1) is 8.75. The van der Waals surface area contributed by atoms with E-state index in [1.54, 1.807) is 6.92 Å². The topological polar surface area (TPSA) is 66.8 Å². The smallest absolute Gasteiger partial charge is 0.334 e. The molecule has 1 aliphatic heterocycles. The minimum atomic E-state index is -1.04. The first kappa shape index (κ1) is 12.9. The van der Waals surface area contributed by atoms with Crippen LogP contribution in [0, 0.1) is 11.8 Å². The Labute approximate surface area is 112 Å². The van der Waals surface area contributed by atoms with Crippen LogP contribution in [0.5, 0.6) is 0 Å². The van der Waals surface area contributed by atoms with Crippen molar-refractivity contribution < 1.29 is 19.7 Å². The van der Waals surface area contributed by atoms with E-state index in [-0.39, 0.29) is 23.9 Å². The zero-order valence-corrected chi connectivity index (χ0v) is 11.2. The highest BCUT2D eigenvalue weighted by atomic mass is 16.6. The third kappa shape index (κ3) is 1.63. The molecule has 0 aromatic carbocycles. The molecule has 0 aromatic heterocycles. The maximum absolute atomic E-state index is 11.6. The Morgan fingerprint density at radius 3 is 2.68 bits per heavy atom. The van der Waals surface area contributed by atoms with E-state index in [2.05, 4.69) is 13.2 Å². The van der Waals surface area contributed by atoms with Crippen molar-refractivity contribution in [3.63, 3.8) is 0 Å². The molecular weight excluding hydrogens is 244 g/mol. The lowest BCUT2D eigenvalue weighted by Gasteiger charge is -2.35. The van der Waals surface area contributed by atoms with E-state index >= 15 is 0 Å². The predicted molar refractivity (Wildman–Crippen MR) is 69.2 cm³/mol. The van der Waals surface area contributed by atoms with Crippen LogP contribution in [0.4, 0.5) is 0 Å². The minimum Gasteiger partial charge on any atom is -0.458 e. The van der Waals surface area contributed by atoms with Crippen LogP contribution in [-0.2, 0) is 9.53 Å². The summed E-state index contributed by atoms with van der Waals surface area (Å²) in [5.41, 5.74) is -0.839. The Balaban J connectivity index is 2.01. The zero-order valence-electron chi connectivity index (χ0n) is 11.2. The van der Waals surface area contributed by atoms with Crippen molar-refractivity contribution in [3.8, 4) is 0 Å². The highest BCUT2D eigenvalue weighted by Crippen LogP contribution is 2.55. The lowest BCUT2D eigenvalue weighted by atomic mass is 9.76. The monoisotopic (exact) mass is 264 g/mol. The predicted octanol–water partition coefficient (Wildman–Crippen LogP) is 1.33. The fraction of sp³-hybridized carbons (Fsp3) is 0.667. The summed E-state index contributed by atoms with van der Waals surface area (Å²) < 4.78 is 5.31. The number of esters is 1. The molecule has 0 radical (unpaired) electrons. The second-order valence-corrected chi connectivity index (χ2v) is 6.45. The minimum absolute atomic E-state index is 0.118. The molecule has 0 aromatic rings. The van der Waals surface area contributed by atoms with Crippen LogP contribution in [0.2, 0.25) is 0 Å². The normalized spacial score (nSPS) is 49.6. The third-order valence-electron chi connectivity index (χ3n) is 5.31. The van der Waals surface area contributed by atoms with E-state index in [0.717, 1.165) is 0 Å². The third-order valence-corrected chi connectivity index (χ3v) is 5.31. The molecule has 19 heavy (non-hydrogen) atoms. The van der Waals surface area contributed by atoms with Gasteiger partial charge in [0, 0.05) is 23.8 Å². The standard InChI is InChI=1S/C15H20O4/c1-8-6-11-10(9(2)13(16)19-11)7-12-14(3,17)4-5-15(8,12)18/h10-12,17-18H,1-2,4-7H2,3H3/t10?,11-,12?,14-,15+/m1/s1. The molecule has 0 amide bonds. The number of ether oxygens (including phenoxy) is 1. The summed E-state index contributed by atoms with van der Waals surface area (Å²) in [6.45, 7) is 9.54. The summed E-state index contributed by atoms with van der Waals surface area (Å²) in [7, 11) is 0. The molecule has 1 heterocycles. The van der Waals surface area contributed by atoms with Crippen LogP contribution in [0.15, 0.2) is 24.3 Å². The van der Waals surface area contributed by atoms with Crippen molar-refractivity contribution in [2.75, 3.05) is 0 Å². The Hall–Kier alpha value is -1.13. The highest BCUT2D eigenvalue weighted by molar-refractivity contribution is 5.90. The molecule has 3 aliphatic rings. The summed E-state index contributed by atoms with van der Waals surface area (Å²) in [5, 5.41) is 21.4. The van der Waals surface area contributed by atoms with Crippen molar-refractivity contribution in [3.05, 3.63) is 24.3 Å². The molecule has 3 fully saturated rings. The maximum atomic E-state index is 11.6. The molecule has 104 valence electrons. The van der Waals surface area contributed by atoms with E-state index < -0.39 is 11.2 Å². The average Bonchev–Trinajstić information content (AvgIpc) is 2.67. The molecule has 2 unspecified atom stereocenters. The molecule has 2 N–H and O–H groups in total. The van der Waals surface area contributed by atoms with E-state index in [1.807, 2.05) is 0 Å². The van der Waals surface area contributed by atoms with Crippen molar-refractivity contribution in [1.82, 2.24) is 0 Å². The largest absolute Gasteiger partial charge is 0.458 e. The number of hydrogen-bond acceptors (Lipinski definition) is 4. The van der Waals surface area contributed by atoms with Crippen LogP contribution in [0.25, 0.3) is 0 Å². The quantitative estimate of drug-likeness (QED) is 0.393. The maximum Gasteiger partial charge on any atom is 0.334 e. The first-order valence-electron chi connectivity index (χ1n) is 6.78. The molecule has 4 nitrogen and oxygen atoms in total. The first-order valence-corrected chi connectivity index (χ1v) is 6.78. The van der Waals surface area contributed by atoms with Gasteiger partial charge >= 0.3 is 5.97 Å². The van der Waals surface area contributed by atoms with Gasteiger partial charge in [0.05, 0.1) is 11.2 Å². The van der Waals surface area contributed by atoms with Gasteiger partial charge in [-0.05, 0) is 31.8 Å². The van der Waals surface area contributed by atoms with Gasteiger partial charge in [-0.15, -0.1) is 0 Å². The molecule has 5 atom stereocenters. The number of fused-ring (bicyclic) bond motifs is 2. The highest BCUT2D eigenvalue weighted by Gasteiger charge is 2.59. The van der Waals surface area contributed by atoms with Gasteiger partial charge in [-0.1, -0.05) is 13.2 Å². The number of rotatable bonds is 0. The number of aliphatic hydroxyl groups is 2. The van der Waals surface area contributed by atoms with E-state index in [0.29, 0.717) is 36.8 Å². The SMILES string of the molecule is C=C1C(=O)O[C@@H]2CC(=C)[C@@]3(O)CC[C@@](C)(O)C3CC12. The van der Waals surface area contributed by atoms with E-state index in [4.69, 9.17) is 4.74 Å². The summed E-state index contributed by atoms with van der Waals surface area (Å²) in [6.07, 6.45) is 1.77. The second-order valence-electron chi connectivity index (χ2n) is 6.45. The Bertz CT molecular complexity index is 479. The van der Waals surface area contributed by atoms with Crippen molar-refractivity contribution in [1.29, 1.82) is 0 Å². The molecule has 1 saturated heterocycles. The van der Waals surface area contributed by atoms with Crippen LogP contribution >= 0.6 is 0 Å². The molecule has 2 aliphatic carbocycles. The van der Waals surface area contributed by atoms with Gasteiger partial charge in [0.25, 0.3) is 0 Å². The molecule has 4 heteroatoms. The lowest BCUT2D eigenvalue weighted by molar-refractivity contribution is -0.139. The molecule has 2 saturated carbocycles.